The van der Waals surface area contributed by atoms with E-state index in [1.807, 2.05) is 24.3 Å². The van der Waals surface area contributed by atoms with E-state index in [9.17, 15) is 14.4 Å². The monoisotopic (exact) mass is 497 g/mol. The van der Waals surface area contributed by atoms with Crippen molar-refractivity contribution >= 4 is 29.4 Å². The molecule has 1 fully saturated rings. The van der Waals surface area contributed by atoms with Crippen LogP contribution >= 0.6 is 11.6 Å². The number of hydrogen-bond donors (Lipinski definition) is 0. The smallest absolute Gasteiger partial charge is 0.411 e. The van der Waals surface area contributed by atoms with Gasteiger partial charge in [0.05, 0.1) is 0 Å². The highest BCUT2D eigenvalue weighted by Crippen LogP contribution is 2.41. The van der Waals surface area contributed by atoms with Gasteiger partial charge in [0.2, 0.25) is 5.78 Å². The van der Waals surface area contributed by atoms with Crippen molar-refractivity contribution in [3.63, 3.8) is 0 Å². The Balaban J connectivity index is 1.33. The second-order valence-electron chi connectivity index (χ2n) is 10.3. The number of rotatable bonds is 2. The number of amides is 1. The highest BCUT2D eigenvalue weighted by molar-refractivity contribution is 6.30. The van der Waals surface area contributed by atoms with Crippen molar-refractivity contribution in [2.24, 2.45) is 0 Å². The van der Waals surface area contributed by atoms with E-state index in [4.69, 9.17) is 25.8 Å². The zero-order valence-electron chi connectivity index (χ0n) is 20.1. The van der Waals surface area contributed by atoms with Gasteiger partial charge in [0.1, 0.15) is 24.0 Å². The molecule has 2 heterocycles. The Morgan fingerprint density at radius 2 is 1.83 bits per heavy atom. The molecule has 35 heavy (non-hydrogen) atoms. The summed E-state index contributed by atoms with van der Waals surface area (Å²) in [5, 5.41) is 0.609. The molecule has 2 aromatic rings. The Bertz CT molecular complexity index is 1220. The third kappa shape index (κ3) is 4.61. The zero-order chi connectivity index (χ0) is 24.9. The van der Waals surface area contributed by atoms with E-state index in [0.29, 0.717) is 49.4 Å². The molecule has 1 saturated heterocycles. The van der Waals surface area contributed by atoms with E-state index in [0.717, 1.165) is 28.0 Å². The van der Waals surface area contributed by atoms with Crippen LogP contribution in [0, 0.1) is 0 Å². The first-order chi connectivity index (χ1) is 16.6. The normalized spacial score (nSPS) is 20.9. The molecule has 184 valence electrons. The molecule has 7 nitrogen and oxygen atoms in total. The average molecular weight is 498 g/mol. The molecule has 0 N–H and O–H groups in total. The van der Waals surface area contributed by atoms with Crippen LogP contribution < -0.4 is 4.74 Å². The van der Waals surface area contributed by atoms with E-state index < -0.39 is 29.8 Å². The van der Waals surface area contributed by atoms with Gasteiger partial charge in [0, 0.05) is 22.7 Å². The molecule has 2 aromatic carbocycles. The average Bonchev–Trinajstić information content (AvgIpc) is 3.29. The summed E-state index contributed by atoms with van der Waals surface area (Å²) in [5.41, 5.74) is 3.72. The van der Waals surface area contributed by atoms with Gasteiger partial charge in [-0.2, -0.15) is 0 Å². The van der Waals surface area contributed by atoms with Crippen molar-refractivity contribution in [1.29, 1.82) is 0 Å². The fourth-order valence-corrected chi connectivity index (χ4v) is 5.12. The molecular weight excluding hydrogens is 470 g/mol. The molecule has 0 radical (unpaired) electrons. The number of benzene rings is 2. The van der Waals surface area contributed by atoms with Gasteiger partial charge in [-0.1, -0.05) is 11.6 Å². The van der Waals surface area contributed by atoms with Crippen LogP contribution in [0.15, 0.2) is 30.3 Å². The fraction of sp³-hybridized carbons (Fsp3) is 0.444. The molecule has 1 amide bonds. The third-order valence-electron chi connectivity index (χ3n) is 6.59. The number of nitrogens with zero attached hydrogens (tertiary/aromatic N) is 1. The number of ketones is 1. The number of fused-ring (bicyclic) bond motifs is 4. The van der Waals surface area contributed by atoms with Gasteiger partial charge in [-0.25, -0.2) is 9.59 Å². The largest absolute Gasteiger partial charge is 0.488 e. The minimum Gasteiger partial charge on any atom is -0.488 e. The lowest BCUT2D eigenvalue weighted by atomic mass is 9.83. The van der Waals surface area contributed by atoms with E-state index >= 15 is 0 Å². The summed E-state index contributed by atoms with van der Waals surface area (Å²) in [6.45, 7) is 6.10. The predicted molar refractivity (Wildman–Crippen MR) is 130 cm³/mol. The lowest BCUT2D eigenvalue weighted by Gasteiger charge is -2.30. The Kier molecular flexibility index (Phi) is 5.99. The first-order valence-electron chi connectivity index (χ1n) is 11.9. The minimum atomic E-state index is -0.871. The predicted octanol–water partition coefficient (Wildman–Crippen LogP) is 5.34. The quantitative estimate of drug-likeness (QED) is 0.521. The van der Waals surface area contributed by atoms with Crippen LogP contribution in [0.3, 0.4) is 0 Å². The standard InChI is InChI=1S/C27H28ClNO6/c1-27(2,3)35-26(32)29-10-4-5-21(29)25(31)34-22-9-6-15-11-19-16(12-20(15)24(22)30)14-33-23-13-17(28)7-8-18(19)23/h7-8,11-13,21-22H,4-6,9-10,14H2,1-3H3. The van der Waals surface area contributed by atoms with E-state index in [1.54, 1.807) is 26.8 Å². The molecule has 2 aliphatic heterocycles. The van der Waals surface area contributed by atoms with Crippen LogP contribution in [-0.2, 0) is 27.3 Å². The molecule has 8 heteroatoms. The van der Waals surface area contributed by atoms with E-state index in [-0.39, 0.29) is 5.78 Å². The van der Waals surface area contributed by atoms with Crippen LogP contribution in [-0.4, -0.2) is 47.0 Å². The number of carbonyl (C=O) groups is 3. The van der Waals surface area contributed by atoms with Gasteiger partial charge < -0.3 is 14.2 Å². The van der Waals surface area contributed by atoms with Crippen LogP contribution in [0.25, 0.3) is 11.1 Å². The number of aryl methyl sites for hydroxylation is 1. The van der Waals surface area contributed by atoms with Gasteiger partial charge in [-0.05, 0) is 93.5 Å². The highest BCUT2D eigenvalue weighted by atomic mass is 35.5. The van der Waals surface area contributed by atoms with Gasteiger partial charge >= 0.3 is 12.1 Å². The summed E-state index contributed by atoms with van der Waals surface area (Å²) < 4.78 is 17.0. The van der Waals surface area contributed by atoms with Crippen LogP contribution in [0.5, 0.6) is 5.75 Å². The van der Waals surface area contributed by atoms with E-state index in [2.05, 4.69) is 0 Å². The molecular formula is C27H28ClNO6. The summed E-state index contributed by atoms with van der Waals surface area (Å²) in [6, 6.07) is 8.70. The first kappa shape index (κ1) is 23.7. The Hall–Kier alpha value is -3.06. The first-order valence-corrected chi connectivity index (χ1v) is 12.3. The molecule has 0 spiro atoms. The lowest BCUT2D eigenvalue weighted by molar-refractivity contribution is -0.152. The summed E-state index contributed by atoms with van der Waals surface area (Å²) in [6.07, 6.45) is 0.772. The van der Waals surface area contributed by atoms with Gasteiger partial charge in [-0.15, -0.1) is 0 Å². The highest BCUT2D eigenvalue weighted by Gasteiger charge is 2.40. The molecule has 5 rings (SSSR count). The minimum absolute atomic E-state index is 0.217. The number of esters is 1. The second-order valence-corrected chi connectivity index (χ2v) is 10.7. The van der Waals surface area contributed by atoms with Crippen molar-refractivity contribution in [1.82, 2.24) is 4.90 Å². The number of carbonyl (C=O) groups excluding carboxylic acids is 3. The number of ether oxygens (including phenoxy) is 3. The maximum absolute atomic E-state index is 13.3. The third-order valence-corrected chi connectivity index (χ3v) is 6.83. The summed E-state index contributed by atoms with van der Waals surface area (Å²) in [5.74, 6) is -0.0432. The molecule has 2 atom stereocenters. The number of likely N-dealkylation sites (tertiary alicyclic amines) is 1. The number of hydrogen-bond acceptors (Lipinski definition) is 6. The molecule has 0 aromatic heterocycles. The lowest BCUT2D eigenvalue weighted by Crippen LogP contribution is -2.45. The molecule has 1 aliphatic carbocycles. The molecule has 2 unspecified atom stereocenters. The zero-order valence-corrected chi connectivity index (χ0v) is 20.8. The van der Waals surface area contributed by atoms with Gasteiger partial charge in [-0.3, -0.25) is 9.69 Å². The van der Waals surface area contributed by atoms with Crippen molar-refractivity contribution in [2.75, 3.05) is 6.54 Å². The Labute approximate surface area is 209 Å². The van der Waals surface area contributed by atoms with Crippen LogP contribution in [0.1, 0.15) is 61.5 Å². The van der Waals surface area contributed by atoms with Crippen molar-refractivity contribution in [3.8, 4) is 16.9 Å². The fourth-order valence-electron chi connectivity index (χ4n) is 4.96. The topological polar surface area (TPSA) is 82.1 Å². The maximum atomic E-state index is 13.3. The SMILES string of the molecule is CC(C)(C)OC(=O)N1CCCC1C(=O)OC1CCc2cc3c(cc2C1=O)COc1cc(Cl)ccc1-3. The van der Waals surface area contributed by atoms with Crippen molar-refractivity contribution in [2.45, 2.75) is 70.8 Å². The van der Waals surface area contributed by atoms with E-state index in [1.165, 1.54) is 4.90 Å². The van der Waals surface area contributed by atoms with Crippen LogP contribution in [0.2, 0.25) is 5.02 Å². The van der Waals surface area contributed by atoms with Gasteiger partial charge in [0.15, 0.2) is 6.10 Å². The van der Waals surface area contributed by atoms with Crippen LogP contribution in [0.4, 0.5) is 4.79 Å². The summed E-state index contributed by atoms with van der Waals surface area (Å²) in [4.78, 5) is 40.3. The molecule has 0 saturated carbocycles. The maximum Gasteiger partial charge on any atom is 0.411 e. The van der Waals surface area contributed by atoms with Crippen molar-refractivity contribution in [3.05, 3.63) is 52.0 Å². The molecule has 3 aliphatic rings. The van der Waals surface area contributed by atoms with Gasteiger partial charge in [0.25, 0.3) is 0 Å². The Morgan fingerprint density at radius 3 is 2.60 bits per heavy atom. The molecule has 0 bridgehead atoms. The number of Topliss-reactive ketones (excluding diaryl/α,β-unsaturated/α-hetero) is 1. The number of halogens is 1. The second kappa shape index (κ2) is 8.86. The van der Waals surface area contributed by atoms with Crippen molar-refractivity contribution < 1.29 is 28.6 Å². The Morgan fingerprint density at radius 1 is 1.06 bits per heavy atom. The summed E-state index contributed by atoms with van der Waals surface area (Å²) >= 11 is 6.10. The summed E-state index contributed by atoms with van der Waals surface area (Å²) in [7, 11) is 0.